The van der Waals surface area contributed by atoms with Gasteiger partial charge < -0.3 is 5.32 Å². The van der Waals surface area contributed by atoms with Gasteiger partial charge in [-0.05, 0) is 25.7 Å². The van der Waals surface area contributed by atoms with Gasteiger partial charge in [0.1, 0.15) is 5.01 Å². The molecule has 0 bridgehead atoms. The summed E-state index contributed by atoms with van der Waals surface area (Å²) in [5, 5.41) is 6.99. The number of nitrogens with zero attached hydrogens (tertiary/aromatic N) is 1. The first-order chi connectivity index (χ1) is 7.16. The summed E-state index contributed by atoms with van der Waals surface area (Å²) in [6, 6.07) is 0.568. The molecule has 84 valence electrons. The maximum absolute atomic E-state index is 4.66. The molecule has 1 N–H and O–H groups in total. The highest BCUT2D eigenvalue weighted by Gasteiger charge is 2.25. The molecule has 0 amide bonds. The summed E-state index contributed by atoms with van der Waals surface area (Å²) < 4.78 is 0. The van der Waals surface area contributed by atoms with Crippen LogP contribution in [-0.2, 0) is 6.54 Å². The van der Waals surface area contributed by atoms with Crippen molar-refractivity contribution in [2.45, 2.75) is 52.1 Å². The zero-order valence-electron chi connectivity index (χ0n) is 9.79. The molecule has 1 unspecified atom stereocenters. The fourth-order valence-corrected chi connectivity index (χ4v) is 2.28. The van der Waals surface area contributed by atoms with Crippen molar-refractivity contribution in [2.24, 2.45) is 5.92 Å². The van der Waals surface area contributed by atoms with E-state index in [4.69, 9.17) is 0 Å². The molecule has 1 saturated carbocycles. The van der Waals surface area contributed by atoms with E-state index in [0.717, 1.165) is 12.5 Å². The zero-order valence-corrected chi connectivity index (χ0v) is 10.6. The van der Waals surface area contributed by atoms with E-state index in [0.29, 0.717) is 12.0 Å². The second kappa shape index (κ2) is 4.62. The van der Waals surface area contributed by atoms with Gasteiger partial charge in [0, 0.05) is 23.9 Å². The van der Waals surface area contributed by atoms with Gasteiger partial charge in [0.2, 0.25) is 0 Å². The summed E-state index contributed by atoms with van der Waals surface area (Å²) >= 11 is 1.80. The minimum absolute atomic E-state index is 0.568. The lowest BCUT2D eigenvalue weighted by Crippen LogP contribution is -2.30. The van der Waals surface area contributed by atoms with Crippen LogP contribution in [0.5, 0.6) is 0 Å². The second-order valence-corrected chi connectivity index (χ2v) is 5.80. The third kappa shape index (κ3) is 3.02. The molecule has 1 heterocycles. The van der Waals surface area contributed by atoms with E-state index in [-0.39, 0.29) is 0 Å². The van der Waals surface area contributed by atoms with Crippen LogP contribution in [0.25, 0.3) is 0 Å². The fraction of sp³-hybridized carbons (Fsp3) is 0.750. The Hall–Kier alpha value is -0.410. The molecule has 1 atom stereocenters. The molecule has 0 aliphatic heterocycles. The molecule has 15 heavy (non-hydrogen) atoms. The Morgan fingerprint density at radius 2 is 2.20 bits per heavy atom. The van der Waals surface area contributed by atoms with Gasteiger partial charge in [-0.25, -0.2) is 4.98 Å². The van der Waals surface area contributed by atoms with E-state index in [1.165, 1.54) is 23.5 Å². The number of hydrogen-bond donors (Lipinski definition) is 1. The lowest BCUT2D eigenvalue weighted by Gasteiger charge is -2.16. The Labute approximate surface area is 96.1 Å². The summed E-state index contributed by atoms with van der Waals surface area (Å²) in [4.78, 5) is 4.66. The maximum Gasteiger partial charge on any atom is 0.107 e. The van der Waals surface area contributed by atoms with Gasteiger partial charge in [-0.3, -0.25) is 0 Å². The van der Waals surface area contributed by atoms with Crippen molar-refractivity contribution in [3.05, 3.63) is 16.1 Å². The first-order valence-corrected chi connectivity index (χ1v) is 6.72. The molecule has 0 aromatic carbocycles. The molecule has 1 aromatic rings. The van der Waals surface area contributed by atoms with Gasteiger partial charge in [-0.2, -0.15) is 0 Å². The molecule has 2 nitrogen and oxygen atoms in total. The van der Waals surface area contributed by atoms with Crippen LogP contribution in [0.2, 0.25) is 0 Å². The molecule has 1 aliphatic rings. The summed E-state index contributed by atoms with van der Waals surface area (Å²) in [5.74, 6) is 1.48. The number of hydrogen-bond acceptors (Lipinski definition) is 3. The van der Waals surface area contributed by atoms with Crippen LogP contribution in [0.15, 0.2) is 5.38 Å². The number of rotatable bonds is 5. The minimum atomic E-state index is 0.568. The van der Waals surface area contributed by atoms with Crippen LogP contribution < -0.4 is 5.32 Å². The highest BCUT2D eigenvalue weighted by molar-refractivity contribution is 7.09. The standard InChI is InChI=1S/C12H20N2S/c1-8(2)9(3)13-6-12-14-11(7-15-12)10-4-5-10/h7-10,13H,4-6H2,1-3H3. The van der Waals surface area contributed by atoms with Gasteiger partial charge in [-0.1, -0.05) is 13.8 Å². The molecule has 1 aromatic heterocycles. The highest BCUT2D eigenvalue weighted by Crippen LogP contribution is 2.40. The van der Waals surface area contributed by atoms with Crippen LogP contribution in [0.1, 0.15) is 50.2 Å². The van der Waals surface area contributed by atoms with Gasteiger partial charge in [0.15, 0.2) is 0 Å². The van der Waals surface area contributed by atoms with Crippen LogP contribution in [0.3, 0.4) is 0 Å². The van der Waals surface area contributed by atoms with E-state index in [1.54, 1.807) is 11.3 Å². The molecule has 0 radical (unpaired) electrons. The van der Waals surface area contributed by atoms with Crippen molar-refractivity contribution in [3.8, 4) is 0 Å². The average Bonchev–Trinajstić information content (AvgIpc) is 2.95. The topological polar surface area (TPSA) is 24.9 Å². The highest BCUT2D eigenvalue weighted by atomic mass is 32.1. The van der Waals surface area contributed by atoms with Crippen molar-refractivity contribution in [1.29, 1.82) is 0 Å². The van der Waals surface area contributed by atoms with Crippen LogP contribution >= 0.6 is 11.3 Å². The minimum Gasteiger partial charge on any atom is -0.308 e. The molecule has 0 spiro atoms. The van der Waals surface area contributed by atoms with Crippen molar-refractivity contribution in [3.63, 3.8) is 0 Å². The van der Waals surface area contributed by atoms with Crippen LogP contribution in [-0.4, -0.2) is 11.0 Å². The van der Waals surface area contributed by atoms with Crippen molar-refractivity contribution in [2.75, 3.05) is 0 Å². The van der Waals surface area contributed by atoms with E-state index in [2.05, 4.69) is 36.5 Å². The Balaban J connectivity index is 1.82. The van der Waals surface area contributed by atoms with E-state index in [9.17, 15) is 0 Å². The summed E-state index contributed by atoms with van der Waals surface area (Å²) in [5.41, 5.74) is 1.33. The summed E-state index contributed by atoms with van der Waals surface area (Å²) in [6.07, 6.45) is 2.69. The Morgan fingerprint density at radius 3 is 2.80 bits per heavy atom. The van der Waals surface area contributed by atoms with Crippen molar-refractivity contribution >= 4 is 11.3 Å². The molecular weight excluding hydrogens is 204 g/mol. The zero-order chi connectivity index (χ0) is 10.8. The third-order valence-electron chi connectivity index (χ3n) is 3.14. The predicted molar refractivity (Wildman–Crippen MR) is 65.2 cm³/mol. The van der Waals surface area contributed by atoms with Crippen LogP contribution in [0.4, 0.5) is 0 Å². The van der Waals surface area contributed by atoms with Gasteiger partial charge in [-0.15, -0.1) is 11.3 Å². The average molecular weight is 224 g/mol. The van der Waals surface area contributed by atoms with Gasteiger partial charge in [0.05, 0.1) is 5.69 Å². The predicted octanol–water partition coefficient (Wildman–Crippen LogP) is 3.15. The number of thiazole rings is 1. The van der Waals surface area contributed by atoms with E-state index >= 15 is 0 Å². The monoisotopic (exact) mass is 224 g/mol. The first kappa shape index (κ1) is 11.1. The second-order valence-electron chi connectivity index (χ2n) is 4.85. The fourth-order valence-electron chi connectivity index (χ4n) is 1.46. The molecule has 1 fully saturated rings. The Bertz CT molecular complexity index is 315. The molecular formula is C12H20N2S. The third-order valence-corrected chi connectivity index (χ3v) is 4.01. The Morgan fingerprint density at radius 1 is 1.47 bits per heavy atom. The molecule has 2 rings (SSSR count). The van der Waals surface area contributed by atoms with Crippen molar-refractivity contribution in [1.82, 2.24) is 10.3 Å². The van der Waals surface area contributed by atoms with Crippen LogP contribution in [0, 0.1) is 5.92 Å². The summed E-state index contributed by atoms with van der Waals surface area (Å²) in [6.45, 7) is 7.65. The smallest absolute Gasteiger partial charge is 0.107 e. The lowest BCUT2D eigenvalue weighted by molar-refractivity contribution is 0.425. The largest absolute Gasteiger partial charge is 0.308 e. The first-order valence-electron chi connectivity index (χ1n) is 5.84. The SMILES string of the molecule is CC(C)C(C)NCc1nc(C2CC2)cs1. The quantitative estimate of drug-likeness (QED) is 0.831. The number of aromatic nitrogens is 1. The normalized spacial score (nSPS) is 18.4. The maximum atomic E-state index is 4.66. The Kier molecular flexibility index (Phi) is 3.42. The van der Waals surface area contributed by atoms with Crippen molar-refractivity contribution < 1.29 is 0 Å². The number of nitrogens with one attached hydrogen (secondary N) is 1. The van der Waals surface area contributed by atoms with E-state index < -0.39 is 0 Å². The molecule has 0 saturated heterocycles. The van der Waals surface area contributed by atoms with E-state index in [1.807, 2.05) is 0 Å². The van der Waals surface area contributed by atoms with Gasteiger partial charge >= 0.3 is 0 Å². The lowest BCUT2D eigenvalue weighted by atomic mass is 10.1. The van der Waals surface area contributed by atoms with Gasteiger partial charge in [0.25, 0.3) is 0 Å². The molecule has 1 aliphatic carbocycles. The molecule has 3 heteroatoms. The summed E-state index contributed by atoms with van der Waals surface area (Å²) in [7, 11) is 0.